The number of hydrogen-bond acceptors (Lipinski definition) is 9. The number of aromatic nitrogens is 2. The Bertz CT molecular complexity index is 1570. The van der Waals surface area contributed by atoms with E-state index >= 15 is 0 Å². The number of nitrogens with zero attached hydrogens (tertiary/aromatic N) is 3. The van der Waals surface area contributed by atoms with Gasteiger partial charge in [0, 0.05) is 11.6 Å². The standard InChI is InChI=1S/C27H31FN4O7S/c1-6-38-26(35)23-16(4)22-24(34)31(14-21(33)30-15(2)3)27(36)32(25(22)40-23)13-20(39-11-7-10-29)18-12-17(28)8-9-19(18)37-5/h8-9,12,15,20H,6-7,11,13-14H2,1-5H3,(H,30,33)/t20-/m0/s1. The van der Waals surface area contributed by atoms with Crippen LogP contribution in [0.25, 0.3) is 10.2 Å². The van der Waals surface area contributed by atoms with Crippen LogP contribution in [0.15, 0.2) is 27.8 Å². The van der Waals surface area contributed by atoms with E-state index in [0.717, 1.165) is 15.9 Å². The lowest BCUT2D eigenvalue weighted by Crippen LogP contribution is -2.45. The summed E-state index contributed by atoms with van der Waals surface area (Å²) in [5, 5.41) is 11.8. The van der Waals surface area contributed by atoms with Crippen molar-refractivity contribution in [2.45, 2.75) is 59.4 Å². The van der Waals surface area contributed by atoms with Gasteiger partial charge in [0.2, 0.25) is 5.91 Å². The molecule has 1 atom stereocenters. The van der Waals surface area contributed by atoms with Crippen LogP contribution in [0.2, 0.25) is 0 Å². The molecule has 0 spiro atoms. The van der Waals surface area contributed by atoms with E-state index in [-0.39, 0.29) is 58.6 Å². The minimum Gasteiger partial charge on any atom is -0.496 e. The van der Waals surface area contributed by atoms with Crippen molar-refractivity contribution in [3.8, 4) is 11.8 Å². The van der Waals surface area contributed by atoms with Gasteiger partial charge in [-0.1, -0.05) is 0 Å². The first-order valence-corrected chi connectivity index (χ1v) is 13.4. The molecule has 2 heterocycles. The van der Waals surface area contributed by atoms with Gasteiger partial charge in [0.05, 0.1) is 44.7 Å². The van der Waals surface area contributed by atoms with Crippen molar-refractivity contribution >= 4 is 33.4 Å². The van der Waals surface area contributed by atoms with Gasteiger partial charge in [-0.2, -0.15) is 5.26 Å². The topological polar surface area (TPSA) is 142 Å². The molecule has 1 amide bonds. The minimum atomic E-state index is -0.996. The minimum absolute atomic E-state index is 0.0262. The average Bonchev–Trinajstić information content (AvgIpc) is 3.24. The van der Waals surface area contributed by atoms with Gasteiger partial charge in [0.1, 0.15) is 33.9 Å². The first-order chi connectivity index (χ1) is 19.0. The van der Waals surface area contributed by atoms with Crippen LogP contribution in [0.5, 0.6) is 5.75 Å². The first kappa shape index (κ1) is 30.5. The molecule has 0 fully saturated rings. The molecular formula is C27H31FN4O7S. The Morgan fingerprint density at radius 1 is 1.23 bits per heavy atom. The molecule has 0 radical (unpaired) electrons. The Labute approximate surface area is 233 Å². The lowest BCUT2D eigenvalue weighted by Gasteiger charge is -2.22. The smallest absolute Gasteiger partial charge is 0.348 e. The fraction of sp³-hybridized carbons (Fsp3) is 0.444. The number of aryl methyl sites for hydroxylation is 1. The van der Waals surface area contributed by atoms with Crippen LogP contribution in [0.1, 0.15) is 54.1 Å². The number of carbonyl (C=O) groups is 2. The normalized spacial score (nSPS) is 11.8. The zero-order valence-corrected chi connectivity index (χ0v) is 23.7. The highest BCUT2D eigenvalue weighted by Crippen LogP contribution is 2.33. The van der Waals surface area contributed by atoms with Crippen LogP contribution in [0.3, 0.4) is 0 Å². The molecule has 0 aliphatic heterocycles. The van der Waals surface area contributed by atoms with Crippen molar-refractivity contribution in [2.75, 3.05) is 20.3 Å². The summed E-state index contributed by atoms with van der Waals surface area (Å²) < 4.78 is 32.8. The molecule has 13 heteroatoms. The number of hydrogen-bond donors (Lipinski definition) is 1. The Morgan fingerprint density at radius 3 is 2.58 bits per heavy atom. The zero-order valence-electron chi connectivity index (χ0n) is 22.9. The van der Waals surface area contributed by atoms with Crippen LogP contribution < -0.4 is 21.3 Å². The van der Waals surface area contributed by atoms with Gasteiger partial charge in [-0.3, -0.25) is 18.7 Å². The van der Waals surface area contributed by atoms with E-state index in [9.17, 15) is 23.6 Å². The van der Waals surface area contributed by atoms with Crippen LogP contribution in [0.4, 0.5) is 4.39 Å². The van der Waals surface area contributed by atoms with Crippen LogP contribution in [-0.4, -0.2) is 47.4 Å². The lowest BCUT2D eigenvalue weighted by atomic mass is 10.1. The van der Waals surface area contributed by atoms with Gasteiger partial charge in [-0.05, 0) is 51.5 Å². The second kappa shape index (κ2) is 13.4. The quantitative estimate of drug-likeness (QED) is 0.257. The van der Waals surface area contributed by atoms with Gasteiger partial charge < -0.3 is 19.5 Å². The van der Waals surface area contributed by atoms with Crippen molar-refractivity contribution in [3.05, 3.63) is 60.9 Å². The molecule has 0 bridgehead atoms. The van der Waals surface area contributed by atoms with E-state index in [4.69, 9.17) is 19.5 Å². The molecule has 0 saturated carbocycles. The van der Waals surface area contributed by atoms with Gasteiger partial charge in [-0.25, -0.2) is 14.0 Å². The van der Waals surface area contributed by atoms with Crippen LogP contribution in [-0.2, 0) is 27.4 Å². The number of halogens is 1. The number of ether oxygens (including phenoxy) is 3. The number of fused-ring (bicyclic) bond motifs is 1. The summed E-state index contributed by atoms with van der Waals surface area (Å²) in [5.74, 6) is -1.49. The highest BCUT2D eigenvalue weighted by Gasteiger charge is 2.27. The highest BCUT2D eigenvalue weighted by molar-refractivity contribution is 7.20. The molecule has 0 aliphatic carbocycles. The summed E-state index contributed by atoms with van der Waals surface area (Å²) >= 11 is 0.905. The number of rotatable bonds is 12. The molecule has 0 unspecified atom stereocenters. The largest absolute Gasteiger partial charge is 0.496 e. The van der Waals surface area contributed by atoms with Crippen molar-refractivity contribution in [2.24, 2.45) is 0 Å². The van der Waals surface area contributed by atoms with Gasteiger partial charge in [0.15, 0.2) is 0 Å². The summed E-state index contributed by atoms with van der Waals surface area (Å²) in [6.45, 7) is 5.97. The number of carbonyl (C=O) groups excluding carboxylic acids is 2. The van der Waals surface area contributed by atoms with Crippen molar-refractivity contribution in [1.29, 1.82) is 5.26 Å². The molecule has 11 nitrogen and oxygen atoms in total. The van der Waals surface area contributed by atoms with E-state index in [1.165, 1.54) is 29.9 Å². The predicted molar refractivity (Wildman–Crippen MR) is 146 cm³/mol. The first-order valence-electron chi connectivity index (χ1n) is 12.6. The second-order valence-corrected chi connectivity index (χ2v) is 10.1. The maximum atomic E-state index is 14.3. The molecule has 1 N–H and O–H groups in total. The number of nitriles is 1. The van der Waals surface area contributed by atoms with Crippen LogP contribution >= 0.6 is 11.3 Å². The molecule has 40 heavy (non-hydrogen) atoms. The molecule has 1 aromatic carbocycles. The number of amides is 1. The number of thiophene rings is 1. The second-order valence-electron chi connectivity index (χ2n) is 9.12. The molecule has 0 saturated heterocycles. The van der Waals surface area contributed by atoms with E-state index < -0.39 is 41.6 Å². The Balaban J connectivity index is 2.29. The monoisotopic (exact) mass is 574 g/mol. The maximum absolute atomic E-state index is 14.3. The SMILES string of the molecule is CCOC(=O)c1sc2c(c1C)c(=O)n(CC(=O)NC(C)C)c(=O)n2C[C@H](OCCC#N)c1cc(F)ccc1OC. The van der Waals surface area contributed by atoms with E-state index in [1.807, 2.05) is 6.07 Å². The summed E-state index contributed by atoms with van der Waals surface area (Å²) in [6, 6.07) is 5.56. The Kier molecular flexibility index (Phi) is 10.2. The highest BCUT2D eigenvalue weighted by atomic mass is 32.1. The number of nitrogens with one attached hydrogen (secondary N) is 1. The van der Waals surface area contributed by atoms with Crippen molar-refractivity contribution in [3.63, 3.8) is 0 Å². The van der Waals surface area contributed by atoms with E-state index in [2.05, 4.69) is 5.32 Å². The maximum Gasteiger partial charge on any atom is 0.348 e. The Hall–Kier alpha value is -4.02. The van der Waals surface area contributed by atoms with E-state index in [0.29, 0.717) is 5.56 Å². The number of benzene rings is 1. The number of esters is 1. The molecular weight excluding hydrogens is 543 g/mol. The van der Waals surface area contributed by atoms with Crippen LogP contribution in [0, 0.1) is 24.1 Å². The third-order valence-corrected chi connectivity index (χ3v) is 7.22. The third-order valence-electron chi connectivity index (χ3n) is 5.93. The molecule has 3 rings (SSSR count). The summed E-state index contributed by atoms with van der Waals surface area (Å²) in [5.41, 5.74) is -0.975. The lowest BCUT2D eigenvalue weighted by molar-refractivity contribution is -0.122. The van der Waals surface area contributed by atoms with Gasteiger partial charge >= 0.3 is 11.7 Å². The van der Waals surface area contributed by atoms with E-state index in [1.54, 1.807) is 27.7 Å². The van der Waals surface area contributed by atoms with Crippen molar-refractivity contribution < 1.29 is 28.2 Å². The fourth-order valence-electron chi connectivity index (χ4n) is 4.21. The molecule has 3 aromatic rings. The summed E-state index contributed by atoms with van der Waals surface area (Å²) in [7, 11) is 1.40. The molecule has 0 aliphatic rings. The van der Waals surface area contributed by atoms with Gasteiger partial charge in [0.25, 0.3) is 5.56 Å². The fourth-order valence-corrected chi connectivity index (χ4v) is 5.40. The summed E-state index contributed by atoms with van der Waals surface area (Å²) in [6.07, 6.45) is -0.970. The molecule has 214 valence electrons. The van der Waals surface area contributed by atoms with Crippen molar-refractivity contribution in [1.82, 2.24) is 14.5 Å². The number of methoxy groups -OCH3 is 1. The predicted octanol–water partition coefficient (Wildman–Crippen LogP) is 3.05. The van der Waals surface area contributed by atoms with Gasteiger partial charge in [-0.15, -0.1) is 11.3 Å². The summed E-state index contributed by atoms with van der Waals surface area (Å²) in [4.78, 5) is 52.9. The molecule has 2 aromatic heterocycles. The third kappa shape index (κ3) is 6.57. The average molecular weight is 575 g/mol. The Morgan fingerprint density at radius 2 is 1.95 bits per heavy atom. The zero-order chi connectivity index (χ0) is 29.6.